The molecule has 14 heavy (non-hydrogen) atoms. The van der Waals surface area contributed by atoms with Crippen molar-refractivity contribution in [3.63, 3.8) is 0 Å². The molecule has 7 heteroatoms. The van der Waals surface area contributed by atoms with Gasteiger partial charge in [-0.15, -0.1) is 0 Å². The fraction of sp³-hybridized carbons (Fsp3) is 0.857. The van der Waals surface area contributed by atoms with Crippen LogP contribution in [0.25, 0.3) is 0 Å². The minimum atomic E-state index is -2.87. The van der Waals surface area contributed by atoms with Crippen LogP contribution < -0.4 is 11.3 Å². The van der Waals surface area contributed by atoms with Crippen LogP contribution >= 0.6 is 0 Å². The molecular formula is C7H16N4O2S. The Bertz CT molecular complexity index is 312. The maximum atomic E-state index is 11.3. The van der Waals surface area contributed by atoms with Gasteiger partial charge in [0.1, 0.15) is 0 Å². The number of hydrogen-bond acceptors (Lipinski definition) is 4. The van der Waals surface area contributed by atoms with Crippen molar-refractivity contribution in [3.8, 4) is 0 Å². The number of nitrogens with one attached hydrogen (secondary N) is 1. The fourth-order valence-corrected chi connectivity index (χ4v) is 2.72. The summed E-state index contributed by atoms with van der Waals surface area (Å²) in [4.78, 5) is 5.78. The van der Waals surface area contributed by atoms with Crippen LogP contribution in [0.2, 0.25) is 0 Å². The van der Waals surface area contributed by atoms with E-state index >= 15 is 0 Å². The molecule has 1 aliphatic heterocycles. The van der Waals surface area contributed by atoms with Crippen LogP contribution in [0.5, 0.6) is 0 Å². The maximum absolute atomic E-state index is 11.3. The van der Waals surface area contributed by atoms with Gasteiger partial charge < -0.3 is 4.90 Å². The van der Waals surface area contributed by atoms with Gasteiger partial charge in [-0.3, -0.25) is 10.4 Å². The molecule has 0 amide bonds. The molecule has 0 radical (unpaired) electrons. The quantitative estimate of drug-likeness (QED) is 0.226. The summed E-state index contributed by atoms with van der Waals surface area (Å²) >= 11 is 0. The zero-order chi connectivity index (χ0) is 10.6. The molecule has 0 spiro atoms. The van der Waals surface area contributed by atoms with Crippen molar-refractivity contribution in [2.75, 3.05) is 31.6 Å². The summed E-state index contributed by atoms with van der Waals surface area (Å²) in [6, 6.07) is 0. The van der Waals surface area contributed by atoms with Gasteiger partial charge in [0, 0.05) is 20.1 Å². The van der Waals surface area contributed by atoms with Gasteiger partial charge in [0.2, 0.25) is 5.96 Å². The zero-order valence-electron chi connectivity index (χ0n) is 8.23. The van der Waals surface area contributed by atoms with Crippen molar-refractivity contribution < 1.29 is 8.42 Å². The highest BCUT2D eigenvalue weighted by Gasteiger charge is 2.20. The fourth-order valence-electron chi connectivity index (χ4n) is 1.45. The summed E-state index contributed by atoms with van der Waals surface area (Å²) in [5.74, 6) is 6.23. The SMILES string of the molecule is CN=C(NN)N1CCCS(=O)(=O)CC1. The van der Waals surface area contributed by atoms with E-state index in [-0.39, 0.29) is 11.5 Å². The average molecular weight is 220 g/mol. The first-order valence-electron chi connectivity index (χ1n) is 4.48. The molecule has 1 heterocycles. The highest BCUT2D eigenvalue weighted by molar-refractivity contribution is 7.91. The van der Waals surface area contributed by atoms with Gasteiger partial charge in [0.15, 0.2) is 9.84 Å². The monoisotopic (exact) mass is 220 g/mol. The van der Waals surface area contributed by atoms with Crippen LogP contribution in [-0.4, -0.2) is 50.9 Å². The molecule has 0 aliphatic carbocycles. The van der Waals surface area contributed by atoms with Crippen molar-refractivity contribution in [2.24, 2.45) is 10.8 Å². The lowest BCUT2D eigenvalue weighted by Crippen LogP contribution is -2.45. The molecule has 0 bridgehead atoms. The first-order valence-corrected chi connectivity index (χ1v) is 6.30. The summed E-state index contributed by atoms with van der Waals surface area (Å²) in [7, 11) is -1.25. The van der Waals surface area contributed by atoms with E-state index in [2.05, 4.69) is 10.4 Å². The Hall–Kier alpha value is -0.820. The first kappa shape index (κ1) is 11.3. The molecule has 82 valence electrons. The number of aliphatic imine (C=N–C) groups is 1. The molecule has 1 fully saturated rings. The van der Waals surface area contributed by atoms with E-state index in [9.17, 15) is 8.42 Å². The molecule has 0 aromatic heterocycles. The van der Waals surface area contributed by atoms with E-state index in [1.165, 1.54) is 0 Å². The van der Waals surface area contributed by atoms with E-state index < -0.39 is 9.84 Å². The number of nitrogens with zero attached hydrogens (tertiary/aromatic N) is 2. The first-order chi connectivity index (χ1) is 6.59. The van der Waals surface area contributed by atoms with E-state index in [4.69, 9.17) is 5.84 Å². The Kier molecular flexibility index (Phi) is 3.70. The normalized spacial score (nSPS) is 23.0. The Morgan fingerprint density at radius 3 is 2.71 bits per heavy atom. The molecule has 1 aliphatic rings. The van der Waals surface area contributed by atoms with Gasteiger partial charge in [-0.2, -0.15) is 0 Å². The van der Waals surface area contributed by atoms with E-state index in [0.717, 1.165) is 0 Å². The number of hydrogen-bond donors (Lipinski definition) is 2. The predicted molar refractivity (Wildman–Crippen MR) is 55.5 cm³/mol. The molecule has 6 nitrogen and oxygen atoms in total. The topological polar surface area (TPSA) is 87.8 Å². The van der Waals surface area contributed by atoms with Gasteiger partial charge in [0.25, 0.3) is 0 Å². The minimum absolute atomic E-state index is 0.174. The molecule has 0 aromatic rings. The van der Waals surface area contributed by atoms with E-state index in [1.807, 2.05) is 4.90 Å². The maximum Gasteiger partial charge on any atom is 0.208 e. The zero-order valence-corrected chi connectivity index (χ0v) is 9.05. The molecule has 1 saturated heterocycles. The lowest BCUT2D eigenvalue weighted by Gasteiger charge is -2.22. The van der Waals surface area contributed by atoms with Crippen LogP contribution in [0.3, 0.4) is 0 Å². The van der Waals surface area contributed by atoms with Crippen molar-refractivity contribution in [3.05, 3.63) is 0 Å². The molecule has 3 N–H and O–H groups in total. The summed E-state index contributed by atoms with van der Waals surface area (Å²) in [5.41, 5.74) is 2.46. The van der Waals surface area contributed by atoms with Gasteiger partial charge in [-0.05, 0) is 6.42 Å². The number of sulfone groups is 1. The van der Waals surface area contributed by atoms with Crippen LogP contribution in [0.4, 0.5) is 0 Å². The van der Waals surface area contributed by atoms with Crippen molar-refractivity contribution >= 4 is 15.8 Å². The molecule has 0 atom stereocenters. The Labute approximate surface area is 84.1 Å². The molecule has 0 saturated carbocycles. The van der Waals surface area contributed by atoms with Gasteiger partial charge in [-0.25, -0.2) is 14.3 Å². The molecule has 1 rings (SSSR count). The lowest BCUT2D eigenvalue weighted by atomic mass is 10.4. The molecule has 0 unspecified atom stereocenters. The highest BCUT2D eigenvalue weighted by Crippen LogP contribution is 2.04. The van der Waals surface area contributed by atoms with Gasteiger partial charge in [-0.1, -0.05) is 0 Å². The Morgan fingerprint density at radius 1 is 1.43 bits per heavy atom. The van der Waals surface area contributed by atoms with Crippen molar-refractivity contribution in [2.45, 2.75) is 6.42 Å². The third-order valence-corrected chi connectivity index (χ3v) is 3.91. The van der Waals surface area contributed by atoms with Crippen LogP contribution in [0.1, 0.15) is 6.42 Å². The van der Waals surface area contributed by atoms with Gasteiger partial charge >= 0.3 is 0 Å². The second-order valence-corrected chi connectivity index (χ2v) is 5.49. The van der Waals surface area contributed by atoms with Crippen LogP contribution in [0.15, 0.2) is 4.99 Å². The number of guanidine groups is 1. The Balaban J connectivity index is 2.67. The minimum Gasteiger partial charge on any atom is -0.341 e. The largest absolute Gasteiger partial charge is 0.341 e. The second kappa shape index (κ2) is 4.61. The van der Waals surface area contributed by atoms with Crippen LogP contribution in [0, 0.1) is 0 Å². The predicted octanol–water partition coefficient (Wildman–Crippen LogP) is -1.44. The number of hydrazine groups is 1. The third-order valence-electron chi connectivity index (χ3n) is 2.20. The second-order valence-electron chi connectivity index (χ2n) is 3.18. The molecular weight excluding hydrogens is 204 g/mol. The average Bonchev–Trinajstić information content (AvgIpc) is 2.30. The third kappa shape index (κ3) is 2.85. The summed E-state index contributed by atoms with van der Waals surface area (Å²) in [5, 5.41) is 0. The molecule has 0 aromatic carbocycles. The smallest absolute Gasteiger partial charge is 0.208 e. The van der Waals surface area contributed by atoms with Crippen molar-refractivity contribution in [1.29, 1.82) is 0 Å². The standard InChI is InChI=1S/C7H16N4O2S/c1-9-7(10-8)11-3-2-5-14(12,13)6-4-11/h2-6,8H2,1H3,(H,9,10). The van der Waals surface area contributed by atoms with Crippen LogP contribution in [-0.2, 0) is 9.84 Å². The Morgan fingerprint density at radius 2 is 2.14 bits per heavy atom. The summed E-state index contributed by atoms with van der Waals surface area (Å²) in [6.07, 6.45) is 0.628. The lowest BCUT2D eigenvalue weighted by molar-refractivity contribution is 0.433. The number of nitrogens with two attached hydrogens (primary N) is 1. The van der Waals surface area contributed by atoms with E-state index in [0.29, 0.717) is 25.5 Å². The van der Waals surface area contributed by atoms with Gasteiger partial charge in [0.05, 0.1) is 11.5 Å². The summed E-state index contributed by atoms with van der Waals surface area (Å²) in [6.45, 7) is 1.13. The van der Waals surface area contributed by atoms with Crippen molar-refractivity contribution in [1.82, 2.24) is 10.3 Å². The number of rotatable bonds is 0. The van der Waals surface area contributed by atoms with E-state index in [1.54, 1.807) is 7.05 Å². The highest BCUT2D eigenvalue weighted by atomic mass is 32.2. The summed E-state index contributed by atoms with van der Waals surface area (Å²) < 4.78 is 22.6.